The number of hydrogen-bond acceptors (Lipinski definition) is 4. The van der Waals surface area contributed by atoms with Gasteiger partial charge in [0.15, 0.2) is 5.13 Å². The molecule has 0 saturated carbocycles. The summed E-state index contributed by atoms with van der Waals surface area (Å²) >= 11 is 1.81. The van der Waals surface area contributed by atoms with Crippen molar-refractivity contribution in [2.24, 2.45) is 0 Å². The summed E-state index contributed by atoms with van der Waals surface area (Å²) in [6, 6.07) is 0.968. The molecule has 4 heteroatoms. The van der Waals surface area contributed by atoms with Crippen LogP contribution in [0.2, 0.25) is 0 Å². The molecule has 98 valence electrons. The third kappa shape index (κ3) is 3.68. The highest BCUT2D eigenvalue weighted by Gasteiger charge is 2.16. The Morgan fingerprint density at radius 1 is 1.35 bits per heavy atom. The zero-order valence-electron chi connectivity index (χ0n) is 11.7. The van der Waals surface area contributed by atoms with E-state index in [0.29, 0.717) is 12.1 Å². The van der Waals surface area contributed by atoms with Crippen molar-refractivity contribution in [3.8, 4) is 0 Å². The fourth-order valence-electron chi connectivity index (χ4n) is 1.87. The van der Waals surface area contributed by atoms with Crippen molar-refractivity contribution in [1.82, 2.24) is 10.3 Å². The predicted molar refractivity (Wildman–Crippen MR) is 77.0 cm³/mol. The van der Waals surface area contributed by atoms with E-state index in [-0.39, 0.29) is 0 Å². The quantitative estimate of drug-likeness (QED) is 0.809. The van der Waals surface area contributed by atoms with E-state index < -0.39 is 0 Å². The molecule has 1 heterocycles. The van der Waals surface area contributed by atoms with E-state index in [2.05, 4.69) is 49.8 Å². The van der Waals surface area contributed by atoms with Gasteiger partial charge in [0, 0.05) is 29.7 Å². The summed E-state index contributed by atoms with van der Waals surface area (Å²) in [7, 11) is 0. The minimum Gasteiger partial charge on any atom is -0.346 e. The first-order chi connectivity index (χ1) is 8.13. The van der Waals surface area contributed by atoms with Crippen molar-refractivity contribution in [2.45, 2.75) is 53.1 Å². The molecule has 0 radical (unpaired) electrons. The van der Waals surface area contributed by atoms with E-state index in [1.54, 1.807) is 0 Å². The van der Waals surface area contributed by atoms with Gasteiger partial charge >= 0.3 is 0 Å². The maximum Gasteiger partial charge on any atom is 0.185 e. The van der Waals surface area contributed by atoms with Gasteiger partial charge in [-0.2, -0.15) is 0 Å². The third-order valence-electron chi connectivity index (χ3n) is 3.16. The third-order valence-corrected chi connectivity index (χ3v) is 4.37. The zero-order valence-corrected chi connectivity index (χ0v) is 12.5. The van der Waals surface area contributed by atoms with Gasteiger partial charge in [-0.1, -0.05) is 13.8 Å². The number of hydrogen-bond donors (Lipinski definition) is 1. The summed E-state index contributed by atoms with van der Waals surface area (Å²) in [6.07, 6.45) is 3.17. The van der Waals surface area contributed by atoms with Gasteiger partial charge in [-0.3, -0.25) is 0 Å². The first-order valence-electron chi connectivity index (χ1n) is 6.59. The largest absolute Gasteiger partial charge is 0.346 e. The SMILES string of the molecule is CCNC(C)c1cnc(N(CC)C(C)CC)s1. The molecule has 1 rings (SSSR count). The summed E-state index contributed by atoms with van der Waals surface area (Å²) in [5.41, 5.74) is 0. The van der Waals surface area contributed by atoms with Crippen LogP contribution in [0.5, 0.6) is 0 Å². The van der Waals surface area contributed by atoms with Crippen molar-refractivity contribution < 1.29 is 0 Å². The first kappa shape index (κ1) is 14.5. The van der Waals surface area contributed by atoms with Crippen LogP contribution in [0.3, 0.4) is 0 Å². The standard InChI is InChI=1S/C13H25N3S/c1-6-10(4)16(8-3)13-15-9-12(17-13)11(5)14-7-2/h9-11,14H,6-8H2,1-5H3. The Hall–Kier alpha value is -0.610. The lowest BCUT2D eigenvalue weighted by Crippen LogP contribution is -2.32. The van der Waals surface area contributed by atoms with Gasteiger partial charge in [-0.15, -0.1) is 11.3 Å². The Bertz CT molecular complexity index is 324. The Balaban J connectivity index is 2.78. The van der Waals surface area contributed by atoms with Gasteiger partial charge in [-0.25, -0.2) is 4.98 Å². The number of aromatic nitrogens is 1. The lowest BCUT2D eigenvalue weighted by atomic mass is 10.2. The van der Waals surface area contributed by atoms with E-state index >= 15 is 0 Å². The summed E-state index contributed by atoms with van der Waals surface area (Å²) in [6.45, 7) is 13.0. The maximum absolute atomic E-state index is 4.56. The van der Waals surface area contributed by atoms with Gasteiger partial charge < -0.3 is 10.2 Å². The van der Waals surface area contributed by atoms with Crippen LogP contribution in [-0.2, 0) is 0 Å². The van der Waals surface area contributed by atoms with Crippen LogP contribution in [-0.4, -0.2) is 24.1 Å². The second-order valence-electron chi connectivity index (χ2n) is 4.37. The Kier molecular flexibility index (Phi) is 5.92. The minimum atomic E-state index is 0.405. The molecular weight excluding hydrogens is 230 g/mol. The van der Waals surface area contributed by atoms with Crippen molar-refractivity contribution in [1.29, 1.82) is 0 Å². The molecule has 0 bridgehead atoms. The lowest BCUT2D eigenvalue weighted by molar-refractivity contribution is 0.606. The van der Waals surface area contributed by atoms with Crippen LogP contribution in [0.15, 0.2) is 6.20 Å². The number of nitrogens with one attached hydrogen (secondary N) is 1. The molecule has 1 aromatic heterocycles. The molecule has 1 aromatic rings. The van der Waals surface area contributed by atoms with Crippen LogP contribution in [0.25, 0.3) is 0 Å². The molecule has 2 atom stereocenters. The monoisotopic (exact) mass is 255 g/mol. The van der Waals surface area contributed by atoms with Crippen LogP contribution in [0.1, 0.15) is 52.0 Å². The van der Waals surface area contributed by atoms with Crippen LogP contribution < -0.4 is 10.2 Å². The Morgan fingerprint density at radius 2 is 2.06 bits per heavy atom. The van der Waals surface area contributed by atoms with Gasteiger partial charge in [0.2, 0.25) is 0 Å². The van der Waals surface area contributed by atoms with E-state index in [1.807, 2.05) is 17.5 Å². The molecule has 2 unspecified atom stereocenters. The fourth-order valence-corrected chi connectivity index (χ4v) is 2.98. The van der Waals surface area contributed by atoms with E-state index in [9.17, 15) is 0 Å². The Morgan fingerprint density at radius 3 is 2.59 bits per heavy atom. The average Bonchev–Trinajstić information content (AvgIpc) is 2.79. The van der Waals surface area contributed by atoms with Crippen molar-refractivity contribution in [3.05, 3.63) is 11.1 Å². The maximum atomic E-state index is 4.56. The highest BCUT2D eigenvalue weighted by Crippen LogP contribution is 2.28. The van der Waals surface area contributed by atoms with Crippen LogP contribution in [0.4, 0.5) is 5.13 Å². The molecule has 3 nitrogen and oxygen atoms in total. The topological polar surface area (TPSA) is 28.2 Å². The highest BCUT2D eigenvalue weighted by molar-refractivity contribution is 7.15. The molecule has 0 saturated heterocycles. The van der Waals surface area contributed by atoms with E-state index in [0.717, 1.165) is 24.6 Å². The number of thiazole rings is 1. The van der Waals surface area contributed by atoms with Crippen LogP contribution >= 0.6 is 11.3 Å². The molecule has 0 aliphatic heterocycles. The van der Waals surface area contributed by atoms with Gasteiger partial charge in [0.25, 0.3) is 0 Å². The molecule has 0 amide bonds. The highest BCUT2D eigenvalue weighted by atomic mass is 32.1. The molecule has 0 aliphatic carbocycles. The zero-order chi connectivity index (χ0) is 12.8. The molecule has 0 fully saturated rings. The minimum absolute atomic E-state index is 0.405. The van der Waals surface area contributed by atoms with Crippen molar-refractivity contribution in [2.75, 3.05) is 18.0 Å². The average molecular weight is 255 g/mol. The van der Waals surface area contributed by atoms with Gasteiger partial charge in [0.05, 0.1) is 0 Å². The van der Waals surface area contributed by atoms with Gasteiger partial charge in [-0.05, 0) is 33.7 Å². The molecule has 0 spiro atoms. The molecule has 1 N–H and O–H groups in total. The van der Waals surface area contributed by atoms with Crippen LogP contribution in [0, 0.1) is 0 Å². The molecule has 0 aliphatic rings. The number of anilines is 1. The first-order valence-corrected chi connectivity index (χ1v) is 7.41. The van der Waals surface area contributed by atoms with E-state index in [4.69, 9.17) is 0 Å². The van der Waals surface area contributed by atoms with Gasteiger partial charge in [0.1, 0.15) is 0 Å². The molecular formula is C13H25N3S. The summed E-state index contributed by atoms with van der Waals surface area (Å²) in [5, 5.41) is 4.58. The normalized spacial score (nSPS) is 14.6. The number of rotatable bonds is 7. The molecule has 17 heavy (non-hydrogen) atoms. The summed E-state index contributed by atoms with van der Waals surface area (Å²) < 4.78 is 0. The fraction of sp³-hybridized carbons (Fsp3) is 0.769. The van der Waals surface area contributed by atoms with Crippen molar-refractivity contribution >= 4 is 16.5 Å². The smallest absolute Gasteiger partial charge is 0.185 e. The second kappa shape index (κ2) is 6.97. The van der Waals surface area contributed by atoms with Crippen molar-refractivity contribution in [3.63, 3.8) is 0 Å². The lowest BCUT2D eigenvalue weighted by Gasteiger charge is -2.26. The summed E-state index contributed by atoms with van der Waals surface area (Å²) in [5.74, 6) is 0. The Labute approximate surface area is 109 Å². The number of nitrogens with zero attached hydrogens (tertiary/aromatic N) is 2. The molecule has 0 aromatic carbocycles. The second-order valence-corrected chi connectivity index (χ2v) is 5.41. The summed E-state index contributed by atoms with van der Waals surface area (Å²) in [4.78, 5) is 8.27. The van der Waals surface area contributed by atoms with E-state index in [1.165, 1.54) is 4.88 Å². The predicted octanol–water partition coefficient (Wildman–Crippen LogP) is 3.44.